The number of carbonyl (C=O) groups is 2. The Hall–Kier alpha value is -3.40. The van der Waals surface area contributed by atoms with Crippen LogP contribution in [0.25, 0.3) is 11.1 Å². The Morgan fingerprint density at radius 1 is 0.852 bits per heavy atom. The maximum Gasteiger partial charge on any atom is 0.251 e. The molecule has 2 amide bonds. The van der Waals surface area contributed by atoms with Crippen molar-refractivity contribution >= 4 is 11.8 Å². The summed E-state index contributed by atoms with van der Waals surface area (Å²) < 4.78 is 0. The van der Waals surface area contributed by atoms with E-state index in [0.717, 1.165) is 22.3 Å². The van der Waals surface area contributed by atoms with Gasteiger partial charge in [0, 0.05) is 12.0 Å². The van der Waals surface area contributed by atoms with E-state index in [9.17, 15) is 9.59 Å². The number of aryl methyl sites for hydroxylation is 1. The summed E-state index contributed by atoms with van der Waals surface area (Å²) in [7, 11) is 0. The lowest BCUT2D eigenvalue weighted by atomic mass is 10.00. The lowest BCUT2D eigenvalue weighted by Gasteiger charge is -2.17. The quantitative estimate of drug-likeness (QED) is 0.708. The van der Waals surface area contributed by atoms with E-state index >= 15 is 0 Å². The van der Waals surface area contributed by atoms with Gasteiger partial charge in [0.25, 0.3) is 5.91 Å². The van der Waals surface area contributed by atoms with E-state index in [0.29, 0.717) is 12.0 Å². The molecule has 3 N–H and O–H groups in total. The molecule has 0 spiro atoms. The third-order valence-electron chi connectivity index (χ3n) is 4.59. The molecule has 0 saturated carbocycles. The number of carbonyl (C=O) groups excluding carboxylic acids is 2. The topological polar surface area (TPSA) is 72.2 Å². The lowest BCUT2D eigenvalue weighted by molar-refractivity contribution is -0.119. The number of rotatable bonds is 6. The van der Waals surface area contributed by atoms with Crippen LogP contribution >= 0.6 is 0 Å². The standard InChI is InChI=1S/C23H22N2O2/c1-16-7-5-6-10-20(16)15-21(22(24)26)25-23(27)19-13-11-18(12-14-19)17-8-3-2-4-9-17/h2-14,21H,15H2,1H3,(H2,24,26)(H,25,27)/t21-/m0/s1. The van der Waals surface area contributed by atoms with Crippen LogP contribution in [0.3, 0.4) is 0 Å². The summed E-state index contributed by atoms with van der Waals surface area (Å²) in [4.78, 5) is 24.4. The Labute approximate surface area is 159 Å². The Morgan fingerprint density at radius 2 is 1.44 bits per heavy atom. The predicted octanol–water partition coefficient (Wildman–Crippen LogP) is 3.49. The summed E-state index contributed by atoms with van der Waals surface area (Å²) in [5.74, 6) is -0.862. The van der Waals surface area contributed by atoms with Gasteiger partial charge in [0.05, 0.1) is 0 Å². The number of hydrogen-bond acceptors (Lipinski definition) is 2. The van der Waals surface area contributed by atoms with Crippen molar-refractivity contribution in [3.8, 4) is 11.1 Å². The van der Waals surface area contributed by atoms with Gasteiger partial charge in [-0.2, -0.15) is 0 Å². The first kappa shape index (κ1) is 18.4. The molecule has 3 aromatic rings. The molecule has 4 nitrogen and oxygen atoms in total. The summed E-state index contributed by atoms with van der Waals surface area (Å²) in [6.07, 6.45) is 0.371. The fraction of sp³-hybridized carbons (Fsp3) is 0.130. The van der Waals surface area contributed by atoms with Crippen LogP contribution in [0, 0.1) is 6.92 Å². The number of nitrogens with one attached hydrogen (secondary N) is 1. The largest absolute Gasteiger partial charge is 0.368 e. The highest BCUT2D eigenvalue weighted by Crippen LogP contribution is 2.19. The molecule has 0 aliphatic heterocycles. The predicted molar refractivity (Wildman–Crippen MR) is 107 cm³/mol. The van der Waals surface area contributed by atoms with E-state index in [1.54, 1.807) is 12.1 Å². The molecule has 4 heteroatoms. The summed E-state index contributed by atoms with van der Waals surface area (Å²) in [5, 5.41) is 2.75. The zero-order chi connectivity index (χ0) is 19.2. The Bertz CT molecular complexity index is 934. The minimum absolute atomic E-state index is 0.313. The fourth-order valence-electron chi connectivity index (χ4n) is 2.97. The molecule has 0 saturated heterocycles. The van der Waals surface area contributed by atoms with E-state index < -0.39 is 11.9 Å². The van der Waals surface area contributed by atoms with Crippen molar-refractivity contribution in [2.45, 2.75) is 19.4 Å². The van der Waals surface area contributed by atoms with Gasteiger partial charge >= 0.3 is 0 Å². The maximum atomic E-state index is 12.6. The van der Waals surface area contributed by atoms with Crippen LogP contribution in [0.15, 0.2) is 78.9 Å². The highest BCUT2D eigenvalue weighted by atomic mass is 16.2. The third kappa shape index (κ3) is 4.61. The van der Waals surface area contributed by atoms with Crippen LogP contribution in [0.1, 0.15) is 21.5 Å². The highest BCUT2D eigenvalue weighted by molar-refractivity contribution is 5.97. The van der Waals surface area contributed by atoms with Crippen molar-refractivity contribution in [1.82, 2.24) is 5.32 Å². The van der Waals surface area contributed by atoms with Crippen LogP contribution in [0.4, 0.5) is 0 Å². The van der Waals surface area contributed by atoms with Gasteiger partial charge in [0.2, 0.25) is 5.91 Å². The second kappa shape index (κ2) is 8.32. The Kier molecular flexibility index (Phi) is 5.67. The molecule has 0 unspecified atom stereocenters. The SMILES string of the molecule is Cc1ccccc1C[C@H](NC(=O)c1ccc(-c2ccccc2)cc1)C(N)=O. The number of benzene rings is 3. The molecule has 0 aliphatic rings. The first-order chi connectivity index (χ1) is 13.0. The molecule has 0 aliphatic carbocycles. The van der Waals surface area contributed by atoms with Gasteiger partial charge in [-0.3, -0.25) is 9.59 Å². The van der Waals surface area contributed by atoms with Crippen molar-refractivity contribution in [3.05, 3.63) is 95.6 Å². The monoisotopic (exact) mass is 358 g/mol. The number of amides is 2. The molecule has 0 fully saturated rings. The number of primary amides is 1. The smallest absolute Gasteiger partial charge is 0.251 e. The average Bonchev–Trinajstić information content (AvgIpc) is 2.69. The maximum absolute atomic E-state index is 12.6. The molecule has 3 rings (SSSR count). The van der Waals surface area contributed by atoms with Crippen molar-refractivity contribution in [2.24, 2.45) is 5.73 Å². The van der Waals surface area contributed by atoms with Gasteiger partial charge in [-0.05, 0) is 41.3 Å². The molecule has 0 radical (unpaired) electrons. The van der Waals surface area contributed by atoms with Gasteiger partial charge in [0.15, 0.2) is 0 Å². The van der Waals surface area contributed by atoms with E-state index in [1.807, 2.05) is 73.7 Å². The molecule has 0 bridgehead atoms. The summed E-state index contributed by atoms with van der Waals surface area (Å²) >= 11 is 0. The molecular formula is C23H22N2O2. The second-order valence-corrected chi connectivity index (χ2v) is 6.50. The minimum Gasteiger partial charge on any atom is -0.368 e. The van der Waals surface area contributed by atoms with Crippen molar-refractivity contribution in [3.63, 3.8) is 0 Å². The van der Waals surface area contributed by atoms with Gasteiger partial charge in [-0.1, -0.05) is 66.7 Å². The van der Waals surface area contributed by atoms with E-state index in [-0.39, 0.29) is 5.91 Å². The summed E-state index contributed by atoms with van der Waals surface area (Å²) in [6.45, 7) is 1.97. The molecule has 27 heavy (non-hydrogen) atoms. The number of nitrogens with two attached hydrogens (primary N) is 1. The van der Waals surface area contributed by atoms with Crippen LogP contribution in [-0.4, -0.2) is 17.9 Å². The van der Waals surface area contributed by atoms with Gasteiger partial charge in [0.1, 0.15) is 6.04 Å². The van der Waals surface area contributed by atoms with Gasteiger partial charge in [-0.25, -0.2) is 0 Å². The van der Waals surface area contributed by atoms with Crippen LogP contribution in [0.2, 0.25) is 0 Å². The normalized spacial score (nSPS) is 11.6. The summed E-state index contributed by atoms with van der Waals surface area (Å²) in [5.41, 5.74) is 10.2. The van der Waals surface area contributed by atoms with E-state index in [2.05, 4.69) is 5.32 Å². The summed E-state index contributed by atoms with van der Waals surface area (Å²) in [6, 6.07) is 24.2. The first-order valence-corrected chi connectivity index (χ1v) is 8.85. The second-order valence-electron chi connectivity index (χ2n) is 6.50. The fourth-order valence-corrected chi connectivity index (χ4v) is 2.97. The Balaban J connectivity index is 1.72. The van der Waals surface area contributed by atoms with Crippen molar-refractivity contribution < 1.29 is 9.59 Å². The average molecular weight is 358 g/mol. The van der Waals surface area contributed by atoms with E-state index in [4.69, 9.17) is 5.73 Å². The lowest BCUT2D eigenvalue weighted by Crippen LogP contribution is -2.45. The third-order valence-corrected chi connectivity index (χ3v) is 4.59. The zero-order valence-corrected chi connectivity index (χ0v) is 15.2. The van der Waals surface area contributed by atoms with Gasteiger partial charge in [-0.15, -0.1) is 0 Å². The van der Waals surface area contributed by atoms with Crippen LogP contribution in [-0.2, 0) is 11.2 Å². The van der Waals surface area contributed by atoms with E-state index in [1.165, 1.54) is 0 Å². The van der Waals surface area contributed by atoms with Crippen molar-refractivity contribution in [1.29, 1.82) is 0 Å². The van der Waals surface area contributed by atoms with Gasteiger partial charge < -0.3 is 11.1 Å². The Morgan fingerprint density at radius 3 is 2.07 bits per heavy atom. The van der Waals surface area contributed by atoms with Crippen LogP contribution in [0.5, 0.6) is 0 Å². The number of hydrogen-bond donors (Lipinski definition) is 2. The molecular weight excluding hydrogens is 336 g/mol. The molecule has 3 aromatic carbocycles. The molecule has 0 aromatic heterocycles. The minimum atomic E-state index is -0.757. The first-order valence-electron chi connectivity index (χ1n) is 8.85. The molecule has 1 atom stereocenters. The molecule has 0 heterocycles. The van der Waals surface area contributed by atoms with Crippen LogP contribution < -0.4 is 11.1 Å². The molecule has 136 valence electrons. The zero-order valence-electron chi connectivity index (χ0n) is 15.2. The van der Waals surface area contributed by atoms with Crippen molar-refractivity contribution in [2.75, 3.05) is 0 Å². The highest BCUT2D eigenvalue weighted by Gasteiger charge is 2.20.